The summed E-state index contributed by atoms with van der Waals surface area (Å²) in [5, 5.41) is 9.64. The van der Waals surface area contributed by atoms with Gasteiger partial charge in [-0.15, -0.1) is 24.0 Å². The van der Waals surface area contributed by atoms with Gasteiger partial charge in [-0.2, -0.15) is 0 Å². The molecule has 0 radical (unpaired) electrons. The van der Waals surface area contributed by atoms with Crippen LogP contribution < -0.4 is 16.0 Å². The number of aliphatic imine (C=N–C) groups is 1. The van der Waals surface area contributed by atoms with Crippen LogP contribution in [-0.4, -0.2) is 32.0 Å². The molecule has 0 heterocycles. The van der Waals surface area contributed by atoms with Crippen LogP contribution in [0.4, 0.5) is 0 Å². The van der Waals surface area contributed by atoms with Crippen molar-refractivity contribution in [1.29, 1.82) is 0 Å². The van der Waals surface area contributed by atoms with Gasteiger partial charge in [-0.05, 0) is 29.7 Å². The third-order valence-corrected chi connectivity index (χ3v) is 4.66. The molecule has 2 rings (SSSR count). The van der Waals surface area contributed by atoms with Gasteiger partial charge in [0.1, 0.15) is 0 Å². The summed E-state index contributed by atoms with van der Waals surface area (Å²) in [6.45, 7) is 8.51. The minimum atomic E-state index is -0.0317. The summed E-state index contributed by atoms with van der Waals surface area (Å²) in [4.78, 5) is 16.4. The van der Waals surface area contributed by atoms with Crippen LogP contribution >= 0.6 is 24.0 Å². The predicted octanol–water partition coefficient (Wildman–Crippen LogP) is 4.09. The van der Waals surface area contributed by atoms with E-state index in [1.807, 2.05) is 37.3 Å². The Labute approximate surface area is 191 Å². The molecule has 3 N–H and O–H groups in total. The first-order chi connectivity index (χ1) is 13.5. The van der Waals surface area contributed by atoms with E-state index in [1.54, 1.807) is 7.05 Å². The van der Waals surface area contributed by atoms with Gasteiger partial charge < -0.3 is 16.0 Å². The van der Waals surface area contributed by atoms with Crippen molar-refractivity contribution in [2.45, 2.75) is 39.2 Å². The molecule has 0 aliphatic rings. The third-order valence-electron chi connectivity index (χ3n) is 4.66. The standard InChI is InChI=1S/C23H32N4O.HI/c1-5-14-25-21(28)19-11-9-10-18(15-19)16-26-22(24-4)27-17-23(2,3)20-12-7-6-8-13-20;/h6-13,15H,5,14,16-17H2,1-4H3,(H,25,28)(H2,24,26,27);1H. The molecular formula is C23H33IN4O. The molecule has 0 aliphatic carbocycles. The molecule has 0 spiro atoms. The minimum absolute atomic E-state index is 0. The summed E-state index contributed by atoms with van der Waals surface area (Å²) in [5.74, 6) is 0.709. The van der Waals surface area contributed by atoms with Crippen LogP contribution in [0, 0.1) is 0 Å². The molecule has 0 bridgehead atoms. The average Bonchev–Trinajstić information content (AvgIpc) is 2.73. The number of benzene rings is 2. The number of nitrogens with one attached hydrogen (secondary N) is 3. The van der Waals surface area contributed by atoms with Gasteiger partial charge in [0.25, 0.3) is 5.91 Å². The Morgan fingerprint density at radius 1 is 1.00 bits per heavy atom. The molecule has 1 amide bonds. The number of carbonyl (C=O) groups excluding carboxylic acids is 1. The van der Waals surface area contributed by atoms with Gasteiger partial charge in [0.05, 0.1) is 0 Å². The van der Waals surface area contributed by atoms with E-state index in [4.69, 9.17) is 0 Å². The van der Waals surface area contributed by atoms with Gasteiger partial charge in [-0.1, -0.05) is 63.2 Å². The van der Waals surface area contributed by atoms with Crippen LogP contribution in [0.1, 0.15) is 48.7 Å². The lowest BCUT2D eigenvalue weighted by Gasteiger charge is -2.26. The number of rotatable bonds is 8. The van der Waals surface area contributed by atoms with E-state index in [1.165, 1.54) is 5.56 Å². The molecule has 0 unspecified atom stereocenters. The van der Waals surface area contributed by atoms with Crippen molar-refractivity contribution in [2.24, 2.45) is 4.99 Å². The summed E-state index contributed by atoms with van der Waals surface area (Å²) in [7, 11) is 1.76. The molecule has 2 aromatic rings. The quantitative estimate of drug-likeness (QED) is 0.286. The zero-order valence-electron chi connectivity index (χ0n) is 17.8. The zero-order chi connectivity index (χ0) is 20.4. The van der Waals surface area contributed by atoms with Crippen molar-refractivity contribution >= 4 is 35.8 Å². The van der Waals surface area contributed by atoms with Crippen LogP contribution in [0.3, 0.4) is 0 Å². The van der Waals surface area contributed by atoms with E-state index in [0.717, 1.165) is 24.5 Å². The molecule has 158 valence electrons. The van der Waals surface area contributed by atoms with Crippen LogP contribution in [0.25, 0.3) is 0 Å². The van der Waals surface area contributed by atoms with Crippen molar-refractivity contribution < 1.29 is 4.79 Å². The molecule has 0 aromatic heterocycles. The van der Waals surface area contributed by atoms with E-state index < -0.39 is 0 Å². The van der Waals surface area contributed by atoms with Crippen LogP contribution in [0.5, 0.6) is 0 Å². The van der Waals surface area contributed by atoms with E-state index in [-0.39, 0.29) is 35.3 Å². The fourth-order valence-electron chi connectivity index (χ4n) is 2.87. The summed E-state index contributed by atoms with van der Waals surface area (Å²) in [6, 6.07) is 18.1. The number of guanidine groups is 1. The van der Waals surface area contributed by atoms with Gasteiger partial charge in [0, 0.05) is 37.7 Å². The fraction of sp³-hybridized carbons (Fsp3) is 0.391. The topological polar surface area (TPSA) is 65.5 Å². The van der Waals surface area contributed by atoms with E-state index >= 15 is 0 Å². The number of hydrogen-bond donors (Lipinski definition) is 3. The van der Waals surface area contributed by atoms with Crippen molar-refractivity contribution in [3.8, 4) is 0 Å². The lowest BCUT2D eigenvalue weighted by atomic mass is 9.85. The predicted molar refractivity (Wildman–Crippen MR) is 132 cm³/mol. The lowest BCUT2D eigenvalue weighted by Crippen LogP contribution is -2.43. The van der Waals surface area contributed by atoms with Gasteiger partial charge in [-0.25, -0.2) is 0 Å². The number of nitrogens with zero attached hydrogens (tertiary/aromatic N) is 1. The first-order valence-corrected chi connectivity index (χ1v) is 9.83. The van der Waals surface area contributed by atoms with Crippen molar-refractivity contribution in [2.75, 3.05) is 20.1 Å². The first-order valence-electron chi connectivity index (χ1n) is 9.83. The summed E-state index contributed by atoms with van der Waals surface area (Å²) in [6.07, 6.45) is 0.925. The molecule has 6 heteroatoms. The van der Waals surface area contributed by atoms with Crippen molar-refractivity contribution in [3.05, 3.63) is 71.3 Å². The number of amides is 1. The number of hydrogen-bond acceptors (Lipinski definition) is 2. The smallest absolute Gasteiger partial charge is 0.251 e. The molecule has 5 nitrogen and oxygen atoms in total. The number of halogens is 1. The largest absolute Gasteiger partial charge is 0.356 e. The Balaban J connectivity index is 0.00000420. The SMILES string of the molecule is CCCNC(=O)c1cccc(CNC(=NC)NCC(C)(C)c2ccccc2)c1.I. The summed E-state index contributed by atoms with van der Waals surface area (Å²) < 4.78 is 0. The molecule has 0 atom stereocenters. The molecule has 2 aromatic carbocycles. The zero-order valence-corrected chi connectivity index (χ0v) is 20.1. The highest BCUT2D eigenvalue weighted by atomic mass is 127. The van der Waals surface area contributed by atoms with Crippen LogP contribution in [0.15, 0.2) is 59.6 Å². The third kappa shape index (κ3) is 8.04. The summed E-state index contributed by atoms with van der Waals surface area (Å²) in [5.41, 5.74) is 2.98. The average molecular weight is 508 g/mol. The maximum absolute atomic E-state index is 12.1. The molecule has 0 saturated heterocycles. The highest BCUT2D eigenvalue weighted by Crippen LogP contribution is 2.21. The highest BCUT2D eigenvalue weighted by Gasteiger charge is 2.20. The Morgan fingerprint density at radius 3 is 2.38 bits per heavy atom. The van der Waals surface area contributed by atoms with E-state index in [2.05, 4.69) is 59.1 Å². The van der Waals surface area contributed by atoms with Crippen molar-refractivity contribution in [1.82, 2.24) is 16.0 Å². The van der Waals surface area contributed by atoms with E-state index in [0.29, 0.717) is 18.7 Å². The minimum Gasteiger partial charge on any atom is -0.356 e. The van der Waals surface area contributed by atoms with Gasteiger partial charge in [-0.3, -0.25) is 9.79 Å². The molecular weight excluding hydrogens is 475 g/mol. The van der Waals surface area contributed by atoms with Gasteiger partial charge in [0.2, 0.25) is 0 Å². The molecule has 0 aliphatic heterocycles. The Bertz CT molecular complexity index is 790. The molecule has 0 fully saturated rings. The first kappa shape index (κ1) is 24.9. The molecule has 0 saturated carbocycles. The van der Waals surface area contributed by atoms with Crippen LogP contribution in [-0.2, 0) is 12.0 Å². The number of carbonyl (C=O) groups is 1. The Kier molecular flexibility index (Phi) is 10.7. The molecule has 29 heavy (non-hydrogen) atoms. The van der Waals surface area contributed by atoms with Crippen LogP contribution in [0.2, 0.25) is 0 Å². The Morgan fingerprint density at radius 2 is 1.72 bits per heavy atom. The highest BCUT2D eigenvalue weighted by molar-refractivity contribution is 14.0. The van der Waals surface area contributed by atoms with Gasteiger partial charge >= 0.3 is 0 Å². The Hall–Kier alpha value is -2.09. The maximum Gasteiger partial charge on any atom is 0.251 e. The lowest BCUT2D eigenvalue weighted by molar-refractivity contribution is 0.0953. The second-order valence-electron chi connectivity index (χ2n) is 7.49. The van der Waals surface area contributed by atoms with Crippen molar-refractivity contribution in [3.63, 3.8) is 0 Å². The second kappa shape index (κ2) is 12.5. The van der Waals surface area contributed by atoms with Gasteiger partial charge in [0.15, 0.2) is 5.96 Å². The summed E-state index contributed by atoms with van der Waals surface area (Å²) >= 11 is 0. The van der Waals surface area contributed by atoms with E-state index in [9.17, 15) is 4.79 Å². The second-order valence-corrected chi connectivity index (χ2v) is 7.49. The fourth-order valence-corrected chi connectivity index (χ4v) is 2.87. The normalized spacial score (nSPS) is 11.4. The maximum atomic E-state index is 12.1. The monoisotopic (exact) mass is 508 g/mol.